The molecule has 1 aliphatic rings. The minimum atomic E-state index is -0.398. The van der Waals surface area contributed by atoms with Crippen LogP contribution in [-0.4, -0.2) is 23.6 Å². The van der Waals surface area contributed by atoms with E-state index in [0.717, 1.165) is 31.2 Å². The molecule has 6 heteroatoms. The Morgan fingerprint density at radius 2 is 1.88 bits per heavy atom. The van der Waals surface area contributed by atoms with Gasteiger partial charge in [-0.15, -0.1) is 0 Å². The second-order valence-electron chi connectivity index (χ2n) is 6.03. The largest absolute Gasteiger partial charge is 0.352 e. The molecule has 1 aromatic rings. The van der Waals surface area contributed by atoms with Gasteiger partial charge < -0.3 is 5.32 Å². The van der Waals surface area contributed by atoms with Crippen molar-refractivity contribution in [2.24, 2.45) is 5.92 Å². The Kier molecular flexibility index (Phi) is 6.93. The highest BCUT2D eigenvalue weighted by atomic mass is 19.1. The second-order valence-corrected chi connectivity index (χ2v) is 6.03. The van der Waals surface area contributed by atoms with E-state index >= 15 is 0 Å². The molecule has 0 bridgehead atoms. The predicted octanol–water partition coefficient (Wildman–Crippen LogP) is 2.80. The number of allylic oxidation sites excluding steroid dienone is 1. The molecular formula is C18H23FN2O3. The average molecular weight is 334 g/mol. The van der Waals surface area contributed by atoms with E-state index in [1.165, 1.54) is 12.1 Å². The molecule has 0 heterocycles. The summed E-state index contributed by atoms with van der Waals surface area (Å²) in [6, 6.07) is 5.96. The maximum absolute atomic E-state index is 13.1. The summed E-state index contributed by atoms with van der Waals surface area (Å²) in [6.07, 6.45) is 6.61. The number of halogens is 1. The summed E-state index contributed by atoms with van der Waals surface area (Å²) in [5.41, 5.74) is 2.91. The molecule has 0 aromatic heterocycles. The highest BCUT2D eigenvalue weighted by Crippen LogP contribution is 2.33. The molecule has 1 saturated carbocycles. The van der Waals surface area contributed by atoms with Crippen LogP contribution < -0.4 is 10.8 Å². The van der Waals surface area contributed by atoms with Gasteiger partial charge in [0, 0.05) is 18.5 Å². The number of carbonyl (C=O) groups excluding carboxylic acids is 2. The van der Waals surface area contributed by atoms with Crippen LogP contribution in [0.3, 0.4) is 0 Å². The van der Waals surface area contributed by atoms with E-state index in [0.29, 0.717) is 24.5 Å². The average Bonchev–Trinajstić information content (AvgIpc) is 3.40. The van der Waals surface area contributed by atoms with Crippen LogP contribution >= 0.6 is 0 Å². The molecule has 5 nitrogen and oxygen atoms in total. The van der Waals surface area contributed by atoms with Crippen molar-refractivity contribution in [3.8, 4) is 0 Å². The number of hydrogen-bond acceptors (Lipinski definition) is 3. The summed E-state index contributed by atoms with van der Waals surface area (Å²) in [5.74, 6) is -0.434. The van der Waals surface area contributed by atoms with Gasteiger partial charge in [0.1, 0.15) is 5.82 Å². The van der Waals surface area contributed by atoms with Gasteiger partial charge in [-0.2, -0.15) is 0 Å². The Morgan fingerprint density at radius 1 is 1.17 bits per heavy atom. The van der Waals surface area contributed by atoms with E-state index in [2.05, 4.69) is 5.32 Å². The lowest BCUT2D eigenvalue weighted by Crippen LogP contribution is -2.25. The first-order valence-corrected chi connectivity index (χ1v) is 8.29. The molecule has 1 fully saturated rings. The Hall–Kier alpha value is -2.21. The van der Waals surface area contributed by atoms with Crippen LogP contribution in [0, 0.1) is 11.7 Å². The highest BCUT2D eigenvalue weighted by molar-refractivity contribution is 6.19. The molecule has 1 aromatic carbocycles. The number of nitrogens with one attached hydrogen (secondary N) is 2. The van der Waals surface area contributed by atoms with Crippen molar-refractivity contribution in [2.75, 3.05) is 6.54 Å². The zero-order valence-corrected chi connectivity index (χ0v) is 13.6. The molecule has 130 valence electrons. The van der Waals surface area contributed by atoms with Crippen molar-refractivity contribution >= 4 is 17.4 Å². The zero-order chi connectivity index (χ0) is 17.4. The summed E-state index contributed by atoms with van der Waals surface area (Å²) in [7, 11) is 0. The lowest BCUT2D eigenvalue weighted by Gasteiger charge is -2.10. The van der Waals surface area contributed by atoms with Gasteiger partial charge >= 0.3 is 0 Å². The molecular weight excluding hydrogens is 311 g/mol. The topological polar surface area (TPSA) is 78.4 Å². The van der Waals surface area contributed by atoms with Crippen molar-refractivity contribution in [2.45, 2.75) is 38.5 Å². The van der Waals surface area contributed by atoms with Crippen LogP contribution in [0.4, 0.5) is 4.39 Å². The fourth-order valence-electron chi connectivity index (χ4n) is 2.37. The van der Waals surface area contributed by atoms with Gasteiger partial charge in [0.05, 0.1) is 0 Å². The number of hydrogen-bond donors (Lipinski definition) is 3. The first-order chi connectivity index (χ1) is 11.6. The molecule has 24 heavy (non-hydrogen) atoms. The van der Waals surface area contributed by atoms with Gasteiger partial charge in [-0.3, -0.25) is 14.8 Å². The van der Waals surface area contributed by atoms with E-state index in [1.807, 2.05) is 6.08 Å². The van der Waals surface area contributed by atoms with E-state index in [9.17, 15) is 14.0 Å². The monoisotopic (exact) mass is 334 g/mol. The number of amides is 2. The van der Waals surface area contributed by atoms with Crippen LogP contribution in [0.5, 0.6) is 0 Å². The standard InChI is InChI=1S/C18H23FN2O3/c19-15-9-7-14(8-10-15)16(12-13-5-6-13)18(23)20-11-3-1-2-4-17(22)21-24/h7-10,12-13,24H,1-6,11H2,(H,20,23)(H,21,22). The van der Waals surface area contributed by atoms with E-state index in [-0.39, 0.29) is 18.1 Å². The third-order valence-corrected chi connectivity index (χ3v) is 3.92. The van der Waals surface area contributed by atoms with Gasteiger partial charge in [-0.25, -0.2) is 9.87 Å². The lowest BCUT2D eigenvalue weighted by atomic mass is 10.0. The summed E-state index contributed by atoms with van der Waals surface area (Å²) in [6.45, 7) is 0.517. The van der Waals surface area contributed by atoms with Crippen LogP contribution in [0.25, 0.3) is 5.57 Å². The van der Waals surface area contributed by atoms with Gasteiger partial charge in [0.15, 0.2) is 0 Å². The smallest absolute Gasteiger partial charge is 0.251 e. The number of rotatable bonds is 9. The van der Waals surface area contributed by atoms with Crippen LogP contribution in [0.1, 0.15) is 44.1 Å². The number of hydroxylamine groups is 1. The summed E-state index contributed by atoms with van der Waals surface area (Å²) < 4.78 is 13.1. The SMILES string of the molecule is O=C(CCCCCNC(=O)C(=CC1CC1)c1ccc(F)cc1)NO. The van der Waals surface area contributed by atoms with Crippen molar-refractivity contribution in [3.05, 3.63) is 41.7 Å². The van der Waals surface area contributed by atoms with E-state index < -0.39 is 5.91 Å². The molecule has 2 amide bonds. The van der Waals surface area contributed by atoms with E-state index in [4.69, 9.17) is 5.21 Å². The fourth-order valence-corrected chi connectivity index (χ4v) is 2.37. The van der Waals surface area contributed by atoms with E-state index in [1.54, 1.807) is 17.6 Å². The first-order valence-electron chi connectivity index (χ1n) is 8.29. The van der Waals surface area contributed by atoms with Crippen LogP contribution in [-0.2, 0) is 9.59 Å². The Balaban J connectivity index is 1.81. The van der Waals surface area contributed by atoms with Gasteiger partial charge in [-0.05, 0) is 49.3 Å². The number of benzene rings is 1. The Bertz CT molecular complexity index is 595. The maximum Gasteiger partial charge on any atom is 0.251 e. The van der Waals surface area contributed by atoms with Crippen molar-refractivity contribution in [1.29, 1.82) is 0 Å². The van der Waals surface area contributed by atoms with Gasteiger partial charge in [-0.1, -0.05) is 24.6 Å². The lowest BCUT2D eigenvalue weighted by molar-refractivity contribution is -0.129. The van der Waals surface area contributed by atoms with Crippen molar-refractivity contribution in [1.82, 2.24) is 10.8 Å². The molecule has 0 spiro atoms. The fraction of sp³-hybridized carbons (Fsp3) is 0.444. The maximum atomic E-state index is 13.1. The molecule has 3 N–H and O–H groups in total. The molecule has 2 rings (SSSR count). The Labute approximate surface area is 140 Å². The van der Waals surface area contributed by atoms with Crippen molar-refractivity contribution < 1.29 is 19.2 Å². The molecule has 0 saturated heterocycles. The Morgan fingerprint density at radius 3 is 2.50 bits per heavy atom. The minimum Gasteiger partial charge on any atom is -0.352 e. The summed E-state index contributed by atoms with van der Waals surface area (Å²) in [5, 5.41) is 11.3. The molecule has 0 radical (unpaired) electrons. The molecule has 0 aliphatic heterocycles. The normalized spacial score (nSPS) is 14.3. The zero-order valence-electron chi connectivity index (χ0n) is 13.6. The molecule has 0 atom stereocenters. The minimum absolute atomic E-state index is 0.151. The van der Waals surface area contributed by atoms with Gasteiger partial charge in [0.25, 0.3) is 5.91 Å². The number of unbranched alkanes of at least 4 members (excludes halogenated alkanes) is 2. The van der Waals surface area contributed by atoms with Gasteiger partial charge in [0.2, 0.25) is 5.91 Å². The second kappa shape index (κ2) is 9.17. The third kappa shape index (κ3) is 6.12. The van der Waals surface area contributed by atoms with Crippen LogP contribution in [0.2, 0.25) is 0 Å². The summed E-state index contributed by atoms with van der Waals surface area (Å²) in [4.78, 5) is 23.3. The number of carbonyl (C=O) groups is 2. The third-order valence-electron chi connectivity index (χ3n) is 3.92. The quantitative estimate of drug-likeness (QED) is 0.281. The van der Waals surface area contributed by atoms with Crippen LogP contribution in [0.15, 0.2) is 30.3 Å². The first kappa shape index (κ1) is 18.1. The highest BCUT2D eigenvalue weighted by Gasteiger charge is 2.22. The van der Waals surface area contributed by atoms with Crippen molar-refractivity contribution in [3.63, 3.8) is 0 Å². The predicted molar refractivity (Wildman–Crippen MR) is 88.5 cm³/mol. The summed E-state index contributed by atoms with van der Waals surface area (Å²) >= 11 is 0. The molecule has 1 aliphatic carbocycles. The molecule has 0 unspecified atom stereocenters.